The van der Waals surface area contributed by atoms with Crippen LogP contribution in [-0.2, 0) is 0 Å². The highest BCUT2D eigenvalue weighted by Gasteiger charge is 2.02. The summed E-state index contributed by atoms with van der Waals surface area (Å²) in [6.45, 7) is 7.71. The summed E-state index contributed by atoms with van der Waals surface area (Å²) in [7, 11) is 0. The molecule has 0 rings (SSSR count). The molecule has 0 aromatic carbocycles. The number of hydrogen-bond acceptors (Lipinski definition) is 2. The van der Waals surface area contributed by atoms with Crippen LogP contribution in [0.15, 0.2) is 0 Å². The van der Waals surface area contributed by atoms with Gasteiger partial charge in [0.1, 0.15) is 6.23 Å². The van der Waals surface area contributed by atoms with Crippen molar-refractivity contribution in [3.8, 4) is 0 Å². The number of aliphatic hydroxyl groups is 1. The van der Waals surface area contributed by atoms with E-state index in [2.05, 4.69) is 0 Å². The smallest absolute Gasteiger partial charge is 0.104 e. The van der Waals surface area contributed by atoms with E-state index in [-0.39, 0.29) is 23.2 Å². The third-order valence-corrected chi connectivity index (χ3v) is 1.34. The zero-order valence-corrected chi connectivity index (χ0v) is 8.01. The van der Waals surface area contributed by atoms with Crippen LogP contribution in [0.25, 0.3) is 0 Å². The summed E-state index contributed by atoms with van der Waals surface area (Å²) in [6.07, 6.45) is -0.287. The largest absolute Gasteiger partial charge is 0.379 e. The van der Waals surface area contributed by atoms with Gasteiger partial charge in [0, 0.05) is 0 Å². The van der Waals surface area contributed by atoms with Crippen LogP contribution < -0.4 is 0 Å². The number of hydrogen-bond donors (Lipinski definition) is 1. The van der Waals surface area contributed by atoms with Crippen LogP contribution >= 0.6 is 17.0 Å². The lowest BCUT2D eigenvalue weighted by molar-refractivity contribution is 0.0265. The van der Waals surface area contributed by atoms with Crippen LogP contribution in [0.3, 0.4) is 0 Å². The molecule has 0 saturated carbocycles. The topological polar surface area (TPSA) is 23.5 Å². The third kappa shape index (κ3) is 4.88. The molecule has 0 fully saturated rings. The molecular weight excluding hydrogens is 182 g/mol. The van der Waals surface area contributed by atoms with Crippen molar-refractivity contribution >= 4 is 17.0 Å². The van der Waals surface area contributed by atoms with Crippen molar-refractivity contribution < 1.29 is 5.11 Å². The Morgan fingerprint density at radius 1 is 1.33 bits per heavy atom. The molecule has 0 heterocycles. The van der Waals surface area contributed by atoms with Crippen molar-refractivity contribution in [3.63, 3.8) is 0 Å². The second-order valence-electron chi connectivity index (χ2n) is 1.85. The van der Waals surface area contributed by atoms with Crippen molar-refractivity contribution in [1.29, 1.82) is 0 Å². The van der Waals surface area contributed by atoms with E-state index in [1.807, 2.05) is 18.7 Å². The van der Waals surface area contributed by atoms with E-state index in [0.29, 0.717) is 0 Å². The molecule has 0 aliphatic heterocycles. The lowest BCUT2D eigenvalue weighted by Gasteiger charge is -2.20. The third-order valence-electron chi connectivity index (χ3n) is 1.34. The maximum Gasteiger partial charge on any atom is 0.104 e. The van der Waals surface area contributed by atoms with Gasteiger partial charge in [-0.05, 0) is 20.0 Å². The Kier molecular flexibility index (Phi) is 8.77. The highest BCUT2D eigenvalue weighted by atomic mass is 79.9. The summed E-state index contributed by atoms with van der Waals surface area (Å²) in [4.78, 5) is 1.97. The molecule has 9 heavy (non-hydrogen) atoms. The standard InChI is InChI=1S/C6H15NO.BrH/c1-4-7(5-2)6(3)8;/h6,8H,4-5H2,1-3H3;1H. The highest BCUT2D eigenvalue weighted by Crippen LogP contribution is 1.91. The second-order valence-corrected chi connectivity index (χ2v) is 1.85. The Balaban J connectivity index is 0. The quantitative estimate of drug-likeness (QED) is 0.689. The molecular formula is C6H16BrNO. The lowest BCUT2D eigenvalue weighted by Crippen LogP contribution is -2.32. The van der Waals surface area contributed by atoms with Gasteiger partial charge in [0.25, 0.3) is 0 Å². The first-order valence-electron chi connectivity index (χ1n) is 3.14. The van der Waals surface area contributed by atoms with Gasteiger partial charge in [-0.3, -0.25) is 4.90 Å². The predicted molar refractivity (Wildman–Crippen MR) is 44.9 cm³/mol. The fourth-order valence-electron chi connectivity index (χ4n) is 0.752. The first kappa shape index (κ1) is 12.1. The number of nitrogens with zero attached hydrogens (tertiary/aromatic N) is 1. The van der Waals surface area contributed by atoms with Crippen LogP contribution in [-0.4, -0.2) is 29.3 Å². The van der Waals surface area contributed by atoms with E-state index in [4.69, 9.17) is 5.11 Å². The van der Waals surface area contributed by atoms with Crippen LogP contribution in [0.5, 0.6) is 0 Å². The molecule has 58 valence electrons. The van der Waals surface area contributed by atoms with E-state index in [1.54, 1.807) is 6.92 Å². The number of aliphatic hydroxyl groups excluding tert-OH is 1. The normalized spacial score (nSPS) is 13.0. The fraction of sp³-hybridized carbons (Fsp3) is 1.00. The molecule has 1 atom stereocenters. The van der Waals surface area contributed by atoms with Gasteiger partial charge in [-0.1, -0.05) is 13.8 Å². The van der Waals surface area contributed by atoms with E-state index >= 15 is 0 Å². The monoisotopic (exact) mass is 197 g/mol. The Morgan fingerprint density at radius 2 is 1.67 bits per heavy atom. The molecule has 0 radical (unpaired) electrons. The van der Waals surface area contributed by atoms with Gasteiger partial charge in [-0.15, -0.1) is 17.0 Å². The molecule has 0 bridgehead atoms. The molecule has 1 unspecified atom stereocenters. The summed E-state index contributed by atoms with van der Waals surface area (Å²) in [6, 6.07) is 0. The van der Waals surface area contributed by atoms with Gasteiger partial charge in [-0.25, -0.2) is 0 Å². The zero-order valence-electron chi connectivity index (χ0n) is 6.29. The minimum absolute atomic E-state index is 0. The zero-order chi connectivity index (χ0) is 6.57. The molecule has 0 amide bonds. The predicted octanol–water partition coefficient (Wildman–Crippen LogP) is 1.24. The van der Waals surface area contributed by atoms with Crippen molar-refractivity contribution in [2.45, 2.75) is 27.0 Å². The molecule has 0 aromatic heterocycles. The van der Waals surface area contributed by atoms with Gasteiger partial charge in [0.05, 0.1) is 0 Å². The van der Waals surface area contributed by atoms with E-state index in [9.17, 15) is 0 Å². The SMILES string of the molecule is Br.CCN(CC)C(C)O. The van der Waals surface area contributed by atoms with E-state index in [0.717, 1.165) is 13.1 Å². The summed E-state index contributed by atoms with van der Waals surface area (Å²) in [5, 5.41) is 8.94. The maximum absolute atomic E-state index is 8.94. The average molecular weight is 198 g/mol. The Labute approximate surface area is 67.6 Å². The molecule has 0 saturated heterocycles. The van der Waals surface area contributed by atoms with Crippen molar-refractivity contribution in [1.82, 2.24) is 4.90 Å². The molecule has 1 N–H and O–H groups in total. The Bertz CT molecular complexity index is 55.0. The first-order valence-corrected chi connectivity index (χ1v) is 3.14. The fourth-order valence-corrected chi connectivity index (χ4v) is 0.752. The lowest BCUT2D eigenvalue weighted by atomic mass is 10.5. The van der Waals surface area contributed by atoms with Crippen LogP contribution in [0.2, 0.25) is 0 Å². The minimum atomic E-state index is -0.287. The van der Waals surface area contributed by atoms with Gasteiger partial charge >= 0.3 is 0 Å². The number of halogens is 1. The van der Waals surface area contributed by atoms with Crippen LogP contribution in [0, 0.1) is 0 Å². The highest BCUT2D eigenvalue weighted by molar-refractivity contribution is 8.93. The maximum atomic E-state index is 8.94. The second kappa shape index (κ2) is 6.52. The molecule has 0 spiro atoms. The summed E-state index contributed by atoms with van der Waals surface area (Å²) in [5.41, 5.74) is 0. The molecule has 2 nitrogen and oxygen atoms in total. The van der Waals surface area contributed by atoms with Crippen LogP contribution in [0.1, 0.15) is 20.8 Å². The van der Waals surface area contributed by atoms with Gasteiger partial charge in [0.15, 0.2) is 0 Å². The molecule has 0 aliphatic rings. The van der Waals surface area contributed by atoms with Crippen molar-refractivity contribution in [2.24, 2.45) is 0 Å². The Hall–Kier alpha value is 0.400. The van der Waals surface area contributed by atoms with Gasteiger partial charge < -0.3 is 5.11 Å². The summed E-state index contributed by atoms with van der Waals surface area (Å²) >= 11 is 0. The first-order chi connectivity index (χ1) is 3.72. The van der Waals surface area contributed by atoms with Gasteiger partial charge in [-0.2, -0.15) is 0 Å². The molecule has 3 heteroatoms. The molecule has 0 aromatic rings. The average Bonchev–Trinajstić information content (AvgIpc) is 1.69. The van der Waals surface area contributed by atoms with E-state index in [1.165, 1.54) is 0 Å². The van der Waals surface area contributed by atoms with Gasteiger partial charge in [0.2, 0.25) is 0 Å². The van der Waals surface area contributed by atoms with Crippen molar-refractivity contribution in [2.75, 3.05) is 13.1 Å². The van der Waals surface area contributed by atoms with Crippen LogP contribution in [0.4, 0.5) is 0 Å². The summed E-state index contributed by atoms with van der Waals surface area (Å²) < 4.78 is 0. The molecule has 0 aliphatic carbocycles. The van der Waals surface area contributed by atoms with E-state index < -0.39 is 0 Å². The summed E-state index contributed by atoms with van der Waals surface area (Å²) in [5.74, 6) is 0. The number of rotatable bonds is 3. The Morgan fingerprint density at radius 3 is 1.67 bits per heavy atom. The minimum Gasteiger partial charge on any atom is -0.379 e. The van der Waals surface area contributed by atoms with Crippen molar-refractivity contribution in [3.05, 3.63) is 0 Å².